The maximum Gasteiger partial charge on any atom is 0.238 e. The van der Waals surface area contributed by atoms with Crippen LogP contribution in [0.4, 0.5) is 0 Å². The Hall–Kier alpha value is -2.96. The first kappa shape index (κ1) is 22.2. The van der Waals surface area contributed by atoms with E-state index in [1.165, 1.54) is 0 Å². The van der Waals surface area contributed by atoms with Gasteiger partial charge in [-0.15, -0.1) is 0 Å². The number of aryl methyl sites for hydroxylation is 1. The van der Waals surface area contributed by atoms with Gasteiger partial charge in [-0.3, -0.25) is 4.79 Å². The first-order valence-corrected chi connectivity index (χ1v) is 10.8. The zero-order chi connectivity index (χ0) is 23.3. The number of nitrogens with zero attached hydrogens (tertiary/aromatic N) is 2. The first-order chi connectivity index (χ1) is 15.0. The normalized spacial score (nSPS) is 17.6. The Morgan fingerprint density at radius 3 is 2.53 bits per heavy atom. The summed E-state index contributed by atoms with van der Waals surface area (Å²) in [6.07, 6.45) is 2.18. The molecule has 0 spiro atoms. The summed E-state index contributed by atoms with van der Waals surface area (Å²) < 4.78 is 11.8. The fourth-order valence-corrected chi connectivity index (χ4v) is 4.17. The van der Waals surface area contributed by atoms with Crippen molar-refractivity contribution in [3.8, 4) is 11.6 Å². The van der Waals surface area contributed by atoms with Gasteiger partial charge in [0.2, 0.25) is 5.88 Å². The molecule has 1 aliphatic heterocycles. The van der Waals surface area contributed by atoms with Crippen LogP contribution >= 0.6 is 11.6 Å². The lowest BCUT2D eigenvalue weighted by molar-refractivity contribution is -0.158. The summed E-state index contributed by atoms with van der Waals surface area (Å²) in [7, 11) is 0. The number of Topliss-reactive ketones (excluding diaryl/α,β-unsaturated/α-hetero) is 1. The zero-order valence-electron chi connectivity index (χ0n) is 18.7. The maximum atomic E-state index is 13.1. The molecule has 0 saturated carbocycles. The Morgan fingerprint density at radius 2 is 1.81 bits per heavy atom. The minimum atomic E-state index is -1.05. The van der Waals surface area contributed by atoms with Gasteiger partial charge in [-0.2, -0.15) is 0 Å². The van der Waals surface area contributed by atoms with Crippen molar-refractivity contribution >= 4 is 34.0 Å². The molecule has 1 aromatic heterocycles. The lowest BCUT2D eigenvalue weighted by atomic mass is 9.81. The summed E-state index contributed by atoms with van der Waals surface area (Å²) in [4.78, 5) is 22.0. The van der Waals surface area contributed by atoms with Gasteiger partial charge >= 0.3 is 0 Å². The van der Waals surface area contributed by atoms with E-state index in [0.717, 1.165) is 5.56 Å². The van der Waals surface area contributed by atoms with Crippen molar-refractivity contribution in [2.75, 3.05) is 0 Å². The van der Waals surface area contributed by atoms with E-state index >= 15 is 0 Å². The number of carbonyl (C=O) groups excluding carboxylic acids is 1. The Labute approximate surface area is 191 Å². The van der Waals surface area contributed by atoms with E-state index in [4.69, 9.17) is 21.1 Å². The molecule has 0 bridgehead atoms. The summed E-state index contributed by atoms with van der Waals surface area (Å²) in [6.45, 7) is 8.94. The van der Waals surface area contributed by atoms with Gasteiger partial charge in [0.1, 0.15) is 22.7 Å². The summed E-state index contributed by atoms with van der Waals surface area (Å²) in [6, 6.07) is 10.7. The summed E-state index contributed by atoms with van der Waals surface area (Å²) >= 11 is 6.00. The third-order valence-corrected chi connectivity index (χ3v) is 5.76. The van der Waals surface area contributed by atoms with Gasteiger partial charge < -0.3 is 14.6 Å². The van der Waals surface area contributed by atoms with Crippen LogP contribution in [-0.2, 0) is 16.0 Å². The van der Waals surface area contributed by atoms with Crippen LogP contribution in [0.1, 0.15) is 45.7 Å². The van der Waals surface area contributed by atoms with Crippen LogP contribution in [0.2, 0.25) is 5.02 Å². The number of hydrogen-bond acceptors (Lipinski definition) is 6. The van der Waals surface area contributed by atoms with Gasteiger partial charge in [0.05, 0.1) is 22.8 Å². The average Bonchev–Trinajstić information content (AvgIpc) is 2.73. The molecular formula is C25H25ClN2O4. The number of aliphatic hydroxyl groups excluding tert-OH is 1. The van der Waals surface area contributed by atoms with Crippen LogP contribution in [0.3, 0.4) is 0 Å². The van der Waals surface area contributed by atoms with E-state index in [0.29, 0.717) is 39.7 Å². The van der Waals surface area contributed by atoms with Crippen molar-refractivity contribution in [3.63, 3.8) is 0 Å². The Morgan fingerprint density at radius 1 is 1.06 bits per heavy atom. The quantitative estimate of drug-likeness (QED) is 0.517. The average molecular weight is 453 g/mol. The van der Waals surface area contributed by atoms with Crippen molar-refractivity contribution in [1.29, 1.82) is 0 Å². The fraction of sp³-hybridized carbons (Fsp3) is 0.320. The third-order valence-electron chi connectivity index (χ3n) is 5.52. The number of aromatic nitrogens is 2. The number of fused-ring (bicyclic) bond motifs is 1. The molecule has 166 valence electrons. The Balaban J connectivity index is 1.72. The molecule has 3 aromatic rings. The highest BCUT2D eigenvalue weighted by atomic mass is 35.5. The van der Waals surface area contributed by atoms with E-state index in [-0.39, 0.29) is 17.1 Å². The van der Waals surface area contributed by atoms with Crippen LogP contribution < -0.4 is 4.74 Å². The first-order valence-electron chi connectivity index (χ1n) is 10.4. The second-order valence-electron chi connectivity index (χ2n) is 8.79. The number of ether oxygens (including phenoxy) is 2. The molecule has 6 nitrogen and oxygen atoms in total. The molecule has 1 N–H and O–H groups in total. The van der Waals surface area contributed by atoms with Gasteiger partial charge in [0, 0.05) is 5.02 Å². The number of ketones is 1. The topological polar surface area (TPSA) is 81.5 Å². The molecule has 32 heavy (non-hydrogen) atoms. The standard InChI is InChI=1S/C25H25ClN2O4/c1-6-14-11-16(31-20-13-27-19-12-15(26)7-10-18(19)28-20)8-9-17(14)21-22(29)24(2,3)32-25(4,5)23(21)30/h7-13,29H,6H2,1-5H3. The largest absolute Gasteiger partial charge is 0.508 e. The molecule has 1 aliphatic rings. The number of halogens is 1. The molecule has 4 rings (SSSR count). The summed E-state index contributed by atoms with van der Waals surface area (Å²) in [5.41, 5.74) is 1.16. The lowest BCUT2D eigenvalue weighted by Gasteiger charge is -2.40. The Kier molecular flexibility index (Phi) is 5.47. The van der Waals surface area contributed by atoms with Gasteiger partial charge in [-0.05, 0) is 75.6 Å². The van der Waals surface area contributed by atoms with Crippen molar-refractivity contribution in [2.45, 2.75) is 52.2 Å². The van der Waals surface area contributed by atoms with Crippen molar-refractivity contribution in [3.05, 3.63) is 64.5 Å². The van der Waals surface area contributed by atoms with Gasteiger partial charge in [0.25, 0.3) is 0 Å². The SMILES string of the molecule is CCc1cc(Oc2cnc3cc(Cl)ccc3n2)ccc1C1=C(O)C(C)(C)OC(C)(C)C1=O. The number of hydrogen-bond donors (Lipinski definition) is 1. The molecule has 0 amide bonds. The molecule has 0 aliphatic carbocycles. The number of rotatable bonds is 4. The second-order valence-corrected chi connectivity index (χ2v) is 9.23. The maximum absolute atomic E-state index is 13.1. The fourth-order valence-electron chi connectivity index (χ4n) is 4.00. The van der Waals surface area contributed by atoms with Crippen LogP contribution in [0.25, 0.3) is 16.6 Å². The Bertz CT molecular complexity index is 1260. The summed E-state index contributed by atoms with van der Waals surface area (Å²) in [5, 5.41) is 11.5. The molecule has 7 heteroatoms. The van der Waals surface area contributed by atoms with Gasteiger partial charge in [0.15, 0.2) is 5.78 Å². The summed E-state index contributed by atoms with van der Waals surface area (Å²) in [5.74, 6) is 0.591. The smallest absolute Gasteiger partial charge is 0.238 e. The zero-order valence-corrected chi connectivity index (χ0v) is 19.4. The molecule has 0 saturated heterocycles. The highest BCUT2D eigenvalue weighted by Gasteiger charge is 2.47. The lowest BCUT2D eigenvalue weighted by Crippen LogP contribution is -2.49. The van der Waals surface area contributed by atoms with E-state index in [2.05, 4.69) is 9.97 Å². The monoisotopic (exact) mass is 452 g/mol. The molecule has 0 atom stereocenters. The predicted octanol–water partition coefficient (Wildman–Crippen LogP) is 6.06. The molecule has 0 radical (unpaired) electrons. The van der Waals surface area contributed by atoms with Crippen molar-refractivity contribution in [1.82, 2.24) is 9.97 Å². The van der Waals surface area contributed by atoms with Crippen molar-refractivity contribution in [2.24, 2.45) is 0 Å². The van der Waals surface area contributed by atoms with Gasteiger partial charge in [-0.25, -0.2) is 9.97 Å². The molecule has 2 heterocycles. The highest BCUT2D eigenvalue weighted by Crippen LogP contribution is 2.41. The van der Waals surface area contributed by atoms with Crippen LogP contribution in [-0.4, -0.2) is 32.1 Å². The predicted molar refractivity (Wildman–Crippen MR) is 124 cm³/mol. The molecule has 2 aromatic carbocycles. The number of benzene rings is 2. The van der Waals surface area contributed by atoms with Crippen LogP contribution in [0.15, 0.2) is 48.4 Å². The van der Waals surface area contributed by atoms with E-state index < -0.39 is 11.2 Å². The van der Waals surface area contributed by atoms with Crippen molar-refractivity contribution < 1.29 is 19.4 Å². The van der Waals surface area contributed by atoms with E-state index in [1.54, 1.807) is 64.2 Å². The van der Waals surface area contributed by atoms with Crippen LogP contribution in [0.5, 0.6) is 11.6 Å². The number of carbonyl (C=O) groups is 1. The van der Waals surface area contributed by atoms with E-state index in [1.807, 2.05) is 13.0 Å². The van der Waals surface area contributed by atoms with Crippen LogP contribution in [0, 0.1) is 0 Å². The molecule has 0 unspecified atom stereocenters. The van der Waals surface area contributed by atoms with Gasteiger partial charge in [-0.1, -0.05) is 24.6 Å². The van der Waals surface area contributed by atoms with E-state index in [9.17, 15) is 9.90 Å². The highest BCUT2D eigenvalue weighted by molar-refractivity contribution is 6.31. The molecular weight excluding hydrogens is 428 g/mol. The second kappa shape index (κ2) is 7.87. The number of aliphatic hydroxyl groups is 1. The minimum absolute atomic E-state index is 0.0655. The third kappa shape index (κ3) is 3.96. The molecule has 0 fully saturated rings. The minimum Gasteiger partial charge on any atom is -0.508 e.